The van der Waals surface area contributed by atoms with Gasteiger partial charge in [-0.05, 0) is 18.6 Å². The van der Waals surface area contributed by atoms with Crippen molar-refractivity contribution in [1.29, 1.82) is 5.26 Å². The van der Waals surface area contributed by atoms with Gasteiger partial charge in [-0.2, -0.15) is 18.4 Å². The van der Waals surface area contributed by atoms with Crippen LogP contribution in [-0.2, 0) is 0 Å². The number of rotatable bonds is 4. The maximum atomic E-state index is 13.3. The fraction of sp³-hybridized carbons (Fsp3) is 0.364. The molecule has 0 aliphatic carbocycles. The molecule has 1 aromatic rings. The van der Waals surface area contributed by atoms with Crippen molar-refractivity contribution in [3.05, 3.63) is 29.3 Å². The molecule has 0 saturated heterocycles. The first-order valence-corrected chi connectivity index (χ1v) is 5.04. The van der Waals surface area contributed by atoms with Crippen molar-refractivity contribution in [2.24, 2.45) is 0 Å². The van der Waals surface area contributed by atoms with Gasteiger partial charge in [0.05, 0.1) is 11.3 Å². The van der Waals surface area contributed by atoms with E-state index in [1.165, 1.54) is 6.07 Å². The normalized spacial score (nSPS) is 11.1. The minimum atomic E-state index is -4.27. The molecule has 2 nitrogen and oxygen atoms in total. The summed E-state index contributed by atoms with van der Waals surface area (Å²) in [6.07, 6.45) is -5.51. The van der Waals surface area contributed by atoms with Crippen molar-refractivity contribution in [1.82, 2.24) is 0 Å². The van der Waals surface area contributed by atoms with Crippen molar-refractivity contribution in [2.75, 3.05) is 11.9 Å². The van der Waals surface area contributed by atoms with Crippen molar-refractivity contribution >= 4 is 5.69 Å². The van der Waals surface area contributed by atoms with Gasteiger partial charge in [0.1, 0.15) is 6.07 Å². The predicted molar refractivity (Wildman–Crippen MR) is 54.9 cm³/mol. The second-order valence-corrected chi connectivity index (χ2v) is 3.55. The standard InChI is InChI=1S/C11H9F5N2/c12-9-7(6-17)2-3-8(10(9)13)18-5-1-4-11(14,15)16/h2-3,18H,1,4-5H2. The lowest BCUT2D eigenvalue weighted by molar-refractivity contribution is -0.134. The zero-order valence-electron chi connectivity index (χ0n) is 9.11. The largest absolute Gasteiger partial charge is 0.389 e. The van der Waals surface area contributed by atoms with Gasteiger partial charge in [0.15, 0.2) is 11.6 Å². The van der Waals surface area contributed by atoms with E-state index in [1.54, 1.807) is 0 Å². The second-order valence-electron chi connectivity index (χ2n) is 3.55. The Hall–Kier alpha value is -1.84. The van der Waals surface area contributed by atoms with Gasteiger partial charge in [-0.3, -0.25) is 0 Å². The number of halogens is 5. The van der Waals surface area contributed by atoms with E-state index in [4.69, 9.17) is 5.26 Å². The molecule has 0 saturated carbocycles. The van der Waals surface area contributed by atoms with E-state index in [0.717, 1.165) is 12.1 Å². The maximum absolute atomic E-state index is 13.3. The van der Waals surface area contributed by atoms with Gasteiger partial charge in [0.2, 0.25) is 0 Å². The molecule has 0 aliphatic heterocycles. The average Bonchev–Trinajstić information content (AvgIpc) is 2.28. The van der Waals surface area contributed by atoms with Crippen LogP contribution in [0, 0.1) is 23.0 Å². The molecule has 1 aromatic carbocycles. The molecule has 7 heteroatoms. The molecule has 0 bridgehead atoms. The zero-order valence-corrected chi connectivity index (χ0v) is 9.11. The molecule has 1 rings (SSSR count). The summed E-state index contributed by atoms with van der Waals surface area (Å²) in [5, 5.41) is 10.8. The van der Waals surface area contributed by atoms with Gasteiger partial charge in [-0.1, -0.05) is 0 Å². The van der Waals surface area contributed by atoms with E-state index >= 15 is 0 Å². The quantitative estimate of drug-likeness (QED) is 0.666. The molecule has 0 amide bonds. The van der Waals surface area contributed by atoms with Crippen molar-refractivity contribution in [3.8, 4) is 6.07 Å². The average molecular weight is 264 g/mol. The van der Waals surface area contributed by atoms with Crippen molar-refractivity contribution < 1.29 is 22.0 Å². The van der Waals surface area contributed by atoms with Crippen molar-refractivity contribution in [2.45, 2.75) is 19.0 Å². The highest BCUT2D eigenvalue weighted by molar-refractivity contribution is 5.49. The van der Waals surface area contributed by atoms with E-state index in [1.807, 2.05) is 0 Å². The molecular weight excluding hydrogens is 255 g/mol. The highest BCUT2D eigenvalue weighted by Gasteiger charge is 2.25. The summed E-state index contributed by atoms with van der Waals surface area (Å²) in [6, 6.07) is 3.63. The maximum Gasteiger partial charge on any atom is 0.389 e. The fourth-order valence-electron chi connectivity index (χ4n) is 1.28. The van der Waals surface area contributed by atoms with E-state index < -0.39 is 29.8 Å². The molecule has 1 N–H and O–H groups in total. The Labute approximate surface area is 100 Å². The number of nitriles is 1. The third-order valence-corrected chi connectivity index (χ3v) is 2.16. The van der Waals surface area contributed by atoms with Gasteiger partial charge >= 0.3 is 6.18 Å². The van der Waals surface area contributed by atoms with Crippen LogP contribution in [0.2, 0.25) is 0 Å². The molecule has 18 heavy (non-hydrogen) atoms. The number of hydrogen-bond donors (Lipinski definition) is 1. The third kappa shape index (κ3) is 3.87. The van der Waals surface area contributed by atoms with Crippen LogP contribution in [0.3, 0.4) is 0 Å². The lowest BCUT2D eigenvalue weighted by Crippen LogP contribution is -2.11. The number of benzene rings is 1. The van der Waals surface area contributed by atoms with Crippen LogP contribution in [0.15, 0.2) is 12.1 Å². The molecular formula is C11H9F5N2. The van der Waals surface area contributed by atoms with E-state index in [9.17, 15) is 22.0 Å². The predicted octanol–water partition coefficient (Wildman–Crippen LogP) is 3.59. The van der Waals surface area contributed by atoms with Crippen LogP contribution < -0.4 is 5.32 Å². The minimum absolute atomic E-state index is 0.137. The number of alkyl halides is 3. The summed E-state index contributed by atoms with van der Waals surface area (Å²) < 4.78 is 61.9. The summed E-state index contributed by atoms with van der Waals surface area (Å²) in [4.78, 5) is 0. The van der Waals surface area contributed by atoms with Crippen LogP contribution in [0.25, 0.3) is 0 Å². The van der Waals surface area contributed by atoms with Crippen LogP contribution in [0.4, 0.5) is 27.6 Å². The van der Waals surface area contributed by atoms with Crippen LogP contribution >= 0.6 is 0 Å². The summed E-state index contributed by atoms with van der Waals surface area (Å²) in [5.74, 6) is -2.57. The smallest absolute Gasteiger partial charge is 0.383 e. The third-order valence-electron chi connectivity index (χ3n) is 2.16. The lowest BCUT2D eigenvalue weighted by Gasteiger charge is -2.09. The summed E-state index contributed by atoms with van der Waals surface area (Å²) in [7, 11) is 0. The first-order chi connectivity index (χ1) is 8.35. The first-order valence-electron chi connectivity index (χ1n) is 5.04. The Bertz CT molecular complexity index is 462. The summed E-state index contributed by atoms with van der Waals surface area (Å²) in [6.45, 7) is -0.137. The fourth-order valence-corrected chi connectivity index (χ4v) is 1.28. The molecule has 98 valence electrons. The Morgan fingerprint density at radius 1 is 1.17 bits per heavy atom. The Morgan fingerprint density at radius 2 is 1.83 bits per heavy atom. The van der Waals surface area contributed by atoms with Crippen LogP contribution in [0.5, 0.6) is 0 Å². The lowest BCUT2D eigenvalue weighted by atomic mass is 10.2. The van der Waals surface area contributed by atoms with E-state index in [2.05, 4.69) is 5.32 Å². The molecule has 0 aliphatic rings. The number of nitrogens with one attached hydrogen (secondary N) is 1. The number of nitrogens with zero attached hydrogens (tertiary/aromatic N) is 1. The van der Waals surface area contributed by atoms with Crippen LogP contribution in [0.1, 0.15) is 18.4 Å². The van der Waals surface area contributed by atoms with Gasteiger partial charge in [0.25, 0.3) is 0 Å². The van der Waals surface area contributed by atoms with E-state index in [-0.39, 0.29) is 18.7 Å². The number of anilines is 1. The molecule has 0 fully saturated rings. The Kier molecular flexibility index (Phi) is 4.48. The minimum Gasteiger partial charge on any atom is -0.383 e. The van der Waals surface area contributed by atoms with E-state index in [0.29, 0.717) is 0 Å². The summed E-state index contributed by atoms with van der Waals surface area (Å²) in [5.41, 5.74) is -0.706. The SMILES string of the molecule is N#Cc1ccc(NCCCC(F)(F)F)c(F)c1F. The molecule has 0 aromatic heterocycles. The Morgan fingerprint density at radius 3 is 2.39 bits per heavy atom. The van der Waals surface area contributed by atoms with Gasteiger partial charge in [0, 0.05) is 13.0 Å². The second kappa shape index (κ2) is 5.67. The molecule has 0 spiro atoms. The Balaban J connectivity index is 2.59. The van der Waals surface area contributed by atoms with Crippen molar-refractivity contribution in [3.63, 3.8) is 0 Å². The molecule has 0 atom stereocenters. The summed E-state index contributed by atoms with van der Waals surface area (Å²) >= 11 is 0. The molecule has 0 radical (unpaired) electrons. The van der Waals surface area contributed by atoms with Crippen LogP contribution in [-0.4, -0.2) is 12.7 Å². The topological polar surface area (TPSA) is 35.8 Å². The van der Waals surface area contributed by atoms with Gasteiger partial charge < -0.3 is 5.32 Å². The highest BCUT2D eigenvalue weighted by atomic mass is 19.4. The number of hydrogen-bond acceptors (Lipinski definition) is 2. The highest BCUT2D eigenvalue weighted by Crippen LogP contribution is 2.23. The molecule has 0 unspecified atom stereocenters. The monoisotopic (exact) mass is 264 g/mol. The van der Waals surface area contributed by atoms with Gasteiger partial charge in [-0.25, -0.2) is 8.78 Å². The first kappa shape index (κ1) is 14.2. The zero-order chi connectivity index (χ0) is 13.8. The molecule has 0 heterocycles. The van der Waals surface area contributed by atoms with Gasteiger partial charge in [-0.15, -0.1) is 0 Å².